The maximum atomic E-state index is 11.3. The molecule has 0 aliphatic carbocycles. The van der Waals surface area contributed by atoms with Crippen LogP contribution in [0.3, 0.4) is 0 Å². The summed E-state index contributed by atoms with van der Waals surface area (Å²) < 4.78 is 28.2. The molecule has 0 aliphatic heterocycles. The summed E-state index contributed by atoms with van der Waals surface area (Å²) in [6.45, 7) is 6.60. The van der Waals surface area contributed by atoms with Gasteiger partial charge in [-0.15, -0.1) is 0 Å². The van der Waals surface area contributed by atoms with E-state index < -0.39 is 10.0 Å². The highest BCUT2D eigenvalue weighted by Gasteiger charge is 2.28. The predicted molar refractivity (Wildman–Crippen MR) is 82.0 cm³/mol. The van der Waals surface area contributed by atoms with Crippen LogP contribution in [0, 0.1) is 11.3 Å². The van der Waals surface area contributed by atoms with E-state index in [4.69, 9.17) is 21.5 Å². The van der Waals surface area contributed by atoms with Crippen molar-refractivity contribution >= 4 is 21.6 Å². The molecule has 0 spiro atoms. The number of hydrogen-bond acceptors (Lipinski definition) is 3. The first-order valence-corrected chi connectivity index (χ1v) is 8.50. The molecule has 114 valence electrons. The first-order chi connectivity index (χ1) is 9.09. The summed E-state index contributed by atoms with van der Waals surface area (Å²) in [4.78, 5) is 0. The molecule has 0 saturated heterocycles. The molecule has 0 saturated carbocycles. The second kappa shape index (κ2) is 6.89. The molecular weight excluding hydrogens is 298 g/mol. The van der Waals surface area contributed by atoms with Gasteiger partial charge < -0.3 is 4.74 Å². The van der Waals surface area contributed by atoms with Gasteiger partial charge in [0, 0.05) is 10.9 Å². The second-order valence-electron chi connectivity index (χ2n) is 6.00. The Bertz CT molecular complexity index is 538. The minimum absolute atomic E-state index is 0.0843. The van der Waals surface area contributed by atoms with Gasteiger partial charge in [-0.2, -0.15) is 0 Å². The number of benzene rings is 1. The van der Waals surface area contributed by atoms with Crippen LogP contribution in [0.5, 0.6) is 0 Å². The molecule has 2 N–H and O–H groups in total. The summed E-state index contributed by atoms with van der Waals surface area (Å²) in [5.74, 6) is -0.251. The zero-order valence-electron chi connectivity index (χ0n) is 12.1. The van der Waals surface area contributed by atoms with Gasteiger partial charge in [0.1, 0.15) is 0 Å². The summed E-state index contributed by atoms with van der Waals surface area (Å²) in [7, 11) is -3.52. The lowest BCUT2D eigenvalue weighted by atomic mass is 9.82. The van der Waals surface area contributed by atoms with Crippen molar-refractivity contribution < 1.29 is 13.2 Å². The molecule has 1 aromatic rings. The Hall–Kier alpha value is -0.620. The molecule has 0 bridgehead atoms. The van der Waals surface area contributed by atoms with Gasteiger partial charge in [-0.3, -0.25) is 0 Å². The van der Waals surface area contributed by atoms with Gasteiger partial charge in [0.15, 0.2) is 0 Å². The van der Waals surface area contributed by atoms with E-state index in [2.05, 4.69) is 0 Å². The van der Waals surface area contributed by atoms with E-state index in [1.165, 1.54) is 0 Å². The van der Waals surface area contributed by atoms with Crippen LogP contribution in [0.25, 0.3) is 0 Å². The quantitative estimate of drug-likeness (QED) is 0.876. The molecule has 6 heteroatoms. The second-order valence-corrected chi connectivity index (χ2v) is 8.07. The Balaban J connectivity index is 2.62. The highest BCUT2D eigenvalue weighted by atomic mass is 35.5. The van der Waals surface area contributed by atoms with Crippen molar-refractivity contribution in [2.75, 3.05) is 12.4 Å². The fourth-order valence-electron chi connectivity index (χ4n) is 1.76. The van der Waals surface area contributed by atoms with Crippen molar-refractivity contribution in [2.45, 2.75) is 27.4 Å². The Morgan fingerprint density at radius 1 is 1.30 bits per heavy atom. The fourth-order valence-corrected chi connectivity index (χ4v) is 3.10. The van der Waals surface area contributed by atoms with Gasteiger partial charge in [0.05, 0.1) is 19.0 Å². The predicted octanol–water partition coefficient (Wildman–Crippen LogP) is 2.81. The van der Waals surface area contributed by atoms with Gasteiger partial charge in [-0.05, 0) is 17.0 Å². The van der Waals surface area contributed by atoms with Crippen LogP contribution in [-0.2, 0) is 21.4 Å². The van der Waals surface area contributed by atoms with E-state index in [0.717, 1.165) is 5.56 Å². The maximum absolute atomic E-state index is 11.3. The van der Waals surface area contributed by atoms with Crippen molar-refractivity contribution in [3.63, 3.8) is 0 Å². The van der Waals surface area contributed by atoms with Crippen molar-refractivity contribution in [1.29, 1.82) is 0 Å². The Labute approximate surface area is 126 Å². The number of sulfonamides is 1. The Morgan fingerprint density at radius 3 is 2.40 bits per heavy atom. The summed E-state index contributed by atoms with van der Waals surface area (Å²) in [5.41, 5.74) is 0.685. The van der Waals surface area contributed by atoms with Gasteiger partial charge in [0.2, 0.25) is 10.0 Å². The molecule has 0 heterocycles. The molecule has 0 radical (unpaired) electrons. The number of nitrogens with two attached hydrogens (primary N) is 1. The van der Waals surface area contributed by atoms with Gasteiger partial charge in [-0.1, -0.05) is 50.6 Å². The lowest BCUT2D eigenvalue weighted by Gasteiger charge is -2.29. The van der Waals surface area contributed by atoms with Gasteiger partial charge in [0.25, 0.3) is 0 Å². The van der Waals surface area contributed by atoms with Crippen molar-refractivity contribution in [2.24, 2.45) is 16.5 Å². The van der Waals surface area contributed by atoms with Crippen LogP contribution >= 0.6 is 11.6 Å². The molecule has 0 aliphatic rings. The third-order valence-corrected chi connectivity index (χ3v) is 4.43. The van der Waals surface area contributed by atoms with Crippen LogP contribution in [0.1, 0.15) is 26.3 Å². The van der Waals surface area contributed by atoms with Crippen LogP contribution in [0.15, 0.2) is 24.3 Å². The van der Waals surface area contributed by atoms with Crippen LogP contribution in [-0.4, -0.2) is 20.8 Å². The van der Waals surface area contributed by atoms with Gasteiger partial charge in [-0.25, -0.2) is 13.6 Å². The minimum Gasteiger partial charge on any atom is -0.376 e. The normalized spacial score (nSPS) is 14.2. The highest BCUT2D eigenvalue weighted by Crippen LogP contribution is 2.27. The minimum atomic E-state index is -3.52. The molecular formula is C14H22ClNO3S. The number of rotatable bonds is 6. The number of hydrogen-bond donors (Lipinski definition) is 1. The van der Waals surface area contributed by atoms with E-state index >= 15 is 0 Å². The highest BCUT2D eigenvalue weighted by molar-refractivity contribution is 7.89. The lowest BCUT2D eigenvalue weighted by Crippen LogP contribution is -2.34. The standard InChI is InChI=1S/C14H22ClNO3S/c1-14(2,3)12(10-20(16,17)18)9-19-8-11-6-4-5-7-13(11)15/h4-7,12H,8-10H2,1-3H3,(H2,16,17,18). The lowest BCUT2D eigenvalue weighted by molar-refractivity contribution is 0.0552. The summed E-state index contributed by atoms with van der Waals surface area (Å²) in [6, 6.07) is 7.42. The van der Waals surface area contributed by atoms with E-state index in [-0.39, 0.29) is 17.1 Å². The third-order valence-electron chi connectivity index (χ3n) is 3.19. The molecule has 20 heavy (non-hydrogen) atoms. The third kappa shape index (κ3) is 6.22. The summed E-state index contributed by atoms with van der Waals surface area (Å²) in [5, 5.41) is 5.78. The maximum Gasteiger partial charge on any atom is 0.209 e. The van der Waals surface area contributed by atoms with Crippen LogP contribution in [0.2, 0.25) is 5.02 Å². The molecule has 0 aromatic heterocycles. The molecule has 4 nitrogen and oxygen atoms in total. The summed E-state index contributed by atoms with van der Waals surface area (Å²) >= 11 is 6.04. The number of primary sulfonamides is 1. The molecule has 0 fully saturated rings. The number of halogens is 1. The first kappa shape index (κ1) is 17.4. The van der Waals surface area contributed by atoms with E-state index in [9.17, 15) is 8.42 Å². The SMILES string of the molecule is CC(C)(C)C(COCc1ccccc1Cl)CS(N)(=O)=O. The fraction of sp³-hybridized carbons (Fsp3) is 0.571. The van der Waals surface area contributed by atoms with Crippen molar-refractivity contribution in [3.8, 4) is 0 Å². The van der Waals surface area contributed by atoms with E-state index in [1.54, 1.807) is 6.07 Å². The van der Waals surface area contributed by atoms with Crippen LogP contribution < -0.4 is 5.14 Å². The molecule has 1 aromatic carbocycles. The zero-order valence-corrected chi connectivity index (χ0v) is 13.7. The summed E-state index contributed by atoms with van der Waals surface area (Å²) in [6.07, 6.45) is 0. The van der Waals surface area contributed by atoms with Gasteiger partial charge >= 0.3 is 0 Å². The average molecular weight is 320 g/mol. The molecule has 1 unspecified atom stereocenters. The first-order valence-electron chi connectivity index (χ1n) is 6.41. The largest absolute Gasteiger partial charge is 0.376 e. The Morgan fingerprint density at radius 2 is 1.90 bits per heavy atom. The Kier molecular flexibility index (Phi) is 6.01. The molecule has 0 amide bonds. The molecule has 1 rings (SSSR count). The molecule has 1 atom stereocenters. The van der Waals surface area contributed by atoms with Crippen molar-refractivity contribution in [1.82, 2.24) is 0 Å². The van der Waals surface area contributed by atoms with E-state index in [0.29, 0.717) is 18.2 Å². The van der Waals surface area contributed by atoms with Crippen LogP contribution in [0.4, 0.5) is 0 Å². The zero-order chi connectivity index (χ0) is 15.4. The topological polar surface area (TPSA) is 69.4 Å². The average Bonchev–Trinajstić information content (AvgIpc) is 2.27. The number of ether oxygens (including phenoxy) is 1. The monoisotopic (exact) mass is 319 g/mol. The van der Waals surface area contributed by atoms with E-state index in [1.807, 2.05) is 39.0 Å². The smallest absolute Gasteiger partial charge is 0.209 e. The van der Waals surface area contributed by atoms with Crippen molar-refractivity contribution in [3.05, 3.63) is 34.9 Å².